The molecule has 0 N–H and O–H groups in total. The van der Waals surface area contributed by atoms with Gasteiger partial charge in [-0.3, -0.25) is 0 Å². The molecule has 2 nitrogen and oxygen atoms in total. The van der Waals surface area contributed by atoms with Crippen molar-refractivity contribution in [1.82, 2.24) is 0 Å². The van der Waals surface area contributed by atoms with Crippen molar-refractivity contribution in [3.05, 3.63) is 29.3 Å². The van der Waals surface area contributed by atoms with Crippen LogP contribution < -0.4 is 0 Å². The van der Waals surface area contributed by atoms with E-state index in [1.165, 1.54) is 22.3 Å². The van der Waals surface area contributed by atoms with Gasteiger partial charge in [-0.25, -0.2) is 8.42 Å². The SMILES string of the molecule is Cc1ccc(C(C)(C)C)cc1SCCS(C)(=O)=O. The maximum Gasteiger partial charge on any atom is 0.148 e. The highest BCUT2D eigenvalue weighted by Crippen LogP contribution is 2.29. The largest absolute Gasteiger partial charge is 0.229 e. The van der Waals surface area contributed by atoms with Gasteiger partial charge in [-0.2, -0.15) is 0 Å². The molecule has 0 aliphatic carbocycles. The normalized spacial score (nSPS) is 12.7. The molecule has 0 radical (unpaired) electrons. The molecule has 0 saturated heterocycles. The van der Waals surface area contributed by atoms with Crippen molar-refractivity contribution in [3.8, 4) is 0 Å². The number of benzene rings is 1. The van der Waals surface area contributed by atoms with E-state index >= 15 is 0 Å². The van der Waals surface area contributed by atoms with Crippen molar-refractivity contribution in [2.24, 2.45) is 0 Å². The summed E-state index contributed by atoms with van der Waals surface area (Å²) in [6.45, 7) is 8.61. The average Bonchev–Trinajstić information content (AvgIpc) is 2.17. The summed E-state index contributed by atoms with van der Waals surface area (Å²) in [4.78, 5) is 1.19. The molecule has 0 aromatic heterocycles. The summed E-state index contributed by atoms with van der Waals surface area (Å²) in [5.41, 5.74) is 2.62. The van der Waals surface area contributed by atoms with Gasteiger partial charge >= 0.3 is 0 Å². The molecule has 0 spiro atoms. The van der Waals surface area contributed by atoms with Crippen molar-refractivity contribution in [2.45, 2.75) is 38.0 Å². The Morgan fingerprint density at radius 2 is 1.83 bits per heavy atom. The maximum atomic E-state index is 11.1. The Labute approximate surface area is 115 Å². The number of sulfone groups is 1. The lowest BCUT2D eigenvalue weighted by Gasteiger charge is -2.20. The quantitative estimate of drug-likeness (QED) is 0.795. The van der Waals surface area contributed by atoms with Gasteiger partial charge in [0.1, 0.15) is 9.84 Å². The van der Waals surface area contributed by atoms with Gasteiger partial charge in [0.2, 0.25) is 0 Å². The van der Waals surface area contributed by atoms with Gasteiger partial charge in [-0.15, -0.1) is 11.8 Å². The zero-order valence-corrected chi connectivity index (χ0v) is 13.4. The van der Waals surface area contributed by atoms with Gasteiger partial charge in [-0.1, -0.05) is 32.9 Å². The van der Waals surface area contributed by atoms with Crippen molar-refractivity contribution in [3.63, 3.8) is 0 Å². The highest BCUT2D eigenvalue weighted by atomic mass is 32.2. The molecule has 0 aliphatic heterocycles. The van der Waals surface area contributed by atoms with Crippen LogP contribution in [0.4, 0.5) is 0 Å². The summed E-state index contributed by atoms with van der Waals surface area (Å²) in [6, 6.07) is 6.45. The van der Waals surface area contributed by atoms with Crippen molar-refractivity contribution in [1.29, 1.82) is 0 Å². The van der Waals surface area contributed by atoms with Gasteiger partial charge in [0.15, 0.2) is 0 Å². The molecule has 1 aromatic carbocycles. The number of hydrogen-bond donors (Lipinski definition) is 0. The molecule has 4 heteroatoms. The summed E-state index contributed by atoms with van der Waals surface area (Å²) < 4.78 is 22.2. The van der Waals surface area contributed by atoms with Crippen molar-refractivity contribution >= 4 is 21.6 Å². The maximum absolute atomic E-state index is 11.1. The molecule has 102 valence electrons. The van der Waals surface area contributed by atoms with Gasteiger partial charge < -0.3 is 0 Å². The summed E-state index contributed by atoms with van der Waals surface area (Å²) in [5, 5.41) is 0. The molecule has 0 atom stereocenters. The fraction of sp³-hybridized carbons (Fsp3) is 0.571. The fourth-order valence-corrected chi connectivity index (χ4v) is 3.80. The number of rotatable bonds is 4. The molecule has 0 heterocycles. The third kappa shape index (κ3) is 5.02. The second-order valence-electron chi connectivity index (χ2n) is 5.71. The van der Waals surface area contributed by atoms with Crippen LogP contribution in [0.3, 0.4) is 0 Å². The minimum atomic E-state index is -2.87. The molecular formula is C14H22O2S2. The number of aryl methyl sites for hydroxylation is 1. The average molecular weight is 286 g/mol. The molecule has 1 aromatic rings. The Hall–Kier alpha value is -0.480. The van der Waals surface area contributed by atoms with Gasteiger partial charge in [0, 0.05) is 16.9 Å². The summed E-state index contributed by atoms with van der Waals surface area (Å²) in [5.74, 6) is 0.851. The first-order valence-corrected chi connectivity index (χ1v) is 9.06. The number of thioether (sulfide) groups is 1. The Balaban J connectivity index is 2.82. The molecular weight excluding hydrogens is 264 g/mol. The topological polar surface area (TPSA) is 34.1 Å². The molecule has 0 amide bonds. The monoisotopic (exact) mass is 286 g/mol. The Morgan fingerprint density at radius 3 is 2.33 bits per heavy atom. The van der Waals surface area contributed by atoms with E-state index in [1.54, 1.807) is 11.8 Å². The molecule has 0 saturated carbocycles. The standard InChI is InChI=1S/C14H22O2S2/c1-11-6-7-12(14(2,3)4)10-13(11)17-8-9-18(5,15)16/h6-7,10H,8-9H2,1-5H3. The first kappa shape index (κ1) is 15.6. The van der Waals surface area contributed by atoms with Gasteiger partial charge in [-0.05, 0) is 29.5 Å². The van der Waals surface area contributed by atoms with E-state index in [-0.39, 0.29) is 11.2 Å². The van der Waals surface area contributed by atoms with Crippen molar-refractivity contribution in [2.75, 3.05) is 17.8 Å². The molecule has 1 rings (SSSR count). The molecule has 0 aliphatic rings. The fourth-order valence-electron chi connectivity index (χ4n) is 1.53. The predicted octanol–water partition coefficient (Wildman–Crippen LogP) is 3.43. The highest BCUT2D eigenvalue weighted by molar-refractivity contribution is 8.00. The van der Waals surface area contributed by atoms with E-state index in [4.69, 9.17) is 0 Å². The summed E-state index contributed by atoms with van der Waals surface area (Å²) >= 11 is 1.63. The van der Waals surface area contributed by atoms with Crippen LogP contribution in [0, 0.1) is 6.92 Å². The van der Waals surface area contributed by atoms with Crippen LogP contribution in [-0.4, -0.2) is 26.2 Å². The predicted molar refractivity (Wildman–Crippen MR) is 80.3 cm³/mol. The molecule has 0 unspecified atom stereocenters. The van der Waals surface area contributed by atoms with E-state index in [2.05, 4.69) is 45.9 Å². The zero-order chi connectivity index (χ0) is 14.0. The first-order chi connectivity index (χ1) is 8.09. The van der Waals surface area contributed by atoms with Crippen LogP contribution in [-0.2, 0) is 15.3 Å². The second kappa shape index (κ2) is 5.66. The highest BCUT2D eigenvalue weighted by Gasteiger charge is 2.15. The van der Waals surface area contributed by atoms with Crippen LogP contribution >= 0.6 is 11.8 Å². The first-order valence-electron chi connectivity index (χ1n) is 6.01. The lowest BCUT2D eigenvalue weighted by atomic mass is 9.87. The molecule has 0 fully saturated rings. The van der Waals surface area contributed by atoms with E-state index in [1.807, 2.05) is 0 Å². The van der Waals surface area contributed by atoms with Crippen LogP contribution in [0.15, 0.2) is 23.1 Å². The van der Waals surface area contributed by atoms with Gasteiger partial charge in [0.25, 0.3) is 0 Å². The minimum Gasteiger partial charge on any atom is -0.229 e. The third-order valence-corrected chi connectivity index (χ3v) is 5.13. The molecule has 0 bridgehead atoms. The zero-order valence-electron chi connectivity index (χ0n) is 11.8. The summed E-state index contributed by atoms with van der Waals surface area (Å²) in [6.07, 6.45) is 1.28. The van der Waals surface area contributed by atoms with Crippen molar-refractivity contribution < 1.29 is 8.42 Å². The summed E-state index contributed by atoms with van der Waals surface area (Å²) in [7, 11) is -2.87. The van der Waals surface area contributed by atoms with Gasteiger partial charge in [0.05, 0.1) is 5.75 Å². The van der Waals surface area contributed by atoms with E-state index in [9.17, 15) is 8.42 Å². The smallest absolute Gasteiger partial charge is 0.148 e. The van der Waals surface area contributed by atoms with E-state index in [0.29, 0.717) is 5.75 Å². The third-order valence-electron chi connectivity index (χ3n) is 2.77. The van der Waals surface area contributed by atoms with E-state index in [0.717, 1.165) is 0 Å². The van der Waals surface area contributed by atoms with Crippen LogP contribution in [0.5, 0.6) is 0 Å². The Kier molecular flexibility index (Phi) is 4.90. The van der Waals surface area contributed by atoms with Crippen LogP contribution in [0.2, 0.25) is 0 Å². The molecule has 18 heavy (non-hydrogen) atoms. The van der Waals surface area contributed by atoms with E-state index < -0.39 is 9.84 Å². The Morgan fingerprint density at radius 1 is 1.22 bits per heavy atom. The lowest BCUT2D eigenvalue weighted by Crippen LogP contribution is -2.11. The lowest BCUT2D eigenvalue weighted by molar-refractivity contribution is 0.588. The van der Waals surface area contributed by atoms with Crippen LogP contribution in [0.25, 0.3) is 0 Å². The second-order valence-corrected chi connectivity index (χ2v) is 9.11. The van der Waals surface area contributed by atoms with Crippen LogP contribution in [0.1, 0.15) is 31.9 Å². The Bertz CT molecular complexity index is 511. The number of hydrogen-bond acceptors (Lipinski definition) is 3. The minimum absolute atomic E-state index is 0.125.